The molecule has 0 bridgehead atoms. The molecule has 0 spiro atoms. The molecule has 0 radical (unpaired) electrons. The first kappa shape index (κ1) is 19.3. The Morgan fingerprint density at radius 2 is 2.00 bits per heavy atom. The fourth-order valence-corrected chi connectivity index (χ4v) is 3.93. The topological polar surface area (TPSA) is 102 Å². The van der Waals surface area contributed by atoms with Crippen LogP contribution in [0.15, 0.2) is 11.6 Å². The first-order chi connectivity index (χ1) is 11.6. The van der Waals surface area contributed by atoms with Crippen LogP contribution >= 0.6 is 0 Å². The van der Waals surface area contributed by atoms with E-state index < -0.39 is 29.7 Å². The van der Waals surface area contributed by atoms with Crippen molar-refractivity contribution in [1.82, 2.24) is 5.32 Å². The lowest BCUT2D eigenvalue weighted by Gasteiger charge is -2.51. The predicted molar refractivity (Wildman–Crippen MR) is 89.5 cm³/mol. The van der Waals surface area contributed by atoms with Gasteiger partial charge in [-0.3, -0.25) is 9.59 Å². The van der Waals surface area contributed by atoms with Gasteiger partial charge in [0.15, 0.2) is 0 Å². The highest BCUT2D eigenvalue weighted by Crippen LogP contribution is 2.59. The minimum atomic E-state index is -0.993. The van der Waals surface area contributed by atoms with Crippen LogP contribution in [-0.4, -0.2) is 36.0 Å². The van der Waals surface area contributed by atoms with Crippen molar-refractivity contribution in [2.45, 2.75) is 53.2 Å². The number of nitrogens with one attached hydrogen (secondary N) is 1. The molecular weight excluding hydrogens is 326 g/mol. The van der Waals surface area contributed by atoms with Crippen LogP contribution in [0.4, 0.5) is 4.79 Å². The van der Waals surface area contributed by atoms with Gasteiger partial charge in [-0.15, -0.1) is 0 Å². The van der Waals surface area contributed by atoms with Crippen molar-refractivity contribution in [3.8, 4) is 0 Å². The molecule has 1 saturated carbocycles. The van der Waals surface area contributed by atoms with E-state index in [4.69, 9.17) is 9.47 Å². The summed E-state index contributed by atoms with van der Waals surface area (Å²) in [4.78, 5) is 34.7. The number of amides is 1. The Kier molecular flexibility index (Phi) is 5.75. The summed E-state index contributed by atoms with van der Waals surface area (Å²) in [5.74, 6) is -0.970. The van der Waals surface area contributed by atoms with E-state index in [1.54, 1.807) is 13.8 Å². The van der Waals surface area contributed by atoms with E-state index in [0.717, 1.165) is 12.8 Å². The third kappa shape index (κ3) is 4.52. The Morgan fingerprint density at radius 1 is 1.32 bits per heavy atom. The van der Waals surface area contributed by atoms with Crippen LogP contribution in [0.2, 0.25) is 0 Å². The maximum Gasteiger partial charge on any atom is 0.410 e. The largest absolute Gasteiger partial charge is 0.481 e. The molecule has 1 amide bonds. The zero-order valence-corrected chi connectivity index (χ0v) is 15.2. The summed E-state index contributed by atoms with van der Waals surface area (Å²) in [7, 11) is 0. The van der Waals surface area contributed by atoms with Crippen molar-refractivity contribution in [2.75, 3.05) is 6.54 Å². The monoisotopic (exact) mass is 353 g/mol. The molecule has 0 unspecified atom stereocenters. The predicted octanol–water partition coefficient (Wildman–Crippen LogP) is 2.71. The van der Waals surface area contributed by atoms with Crippen LogP contribution in [0.1, 0.15) is 47.0 Å². The summed E-state index contributed by atoms with van der Waals surface area (Å²) >= 11 is 0. The number of rotatable bonds is 7. The highest BCUT2D eigenvalue weighted by Gasteiger charge is 2.55. The molecular formula is C18H27NO6. The van der Waals surface area contributed by atoms with E-state index in [1.165, 1.54) is 12.5 Å². The summed E-state index contributed by atoms with van der Waals surface area (Å²) in [5.41, 5.74) is 0.810. The summed E-state index contributed by atoms with van der Waals surface area (Å²) in [5, 5.41) is 11.9. The molecule has 7 heteroatoms. The standard InChI is InChI=1S/C18H27NO6/c1-10(2)16(22)24-12(4)25-17(23)19-9-18(8-15(20)21)7-13-5-11(3)6-14(13)18/h6,10,12-14H,5,7-9H2,1-4H3,(H,19,23)(H,20,21)/t12-,13-,14-,18-/m0/s1. The number of aliphatic carboxylic acids is 1. The average molecular weight is 353 g/mol. The number of carboxylic acids is 1. The van der Waals surface area contributed by atoms with E-state index in [0.29, 0.717) is 5.92 Å². The molecule has 2 N–H and O–H groups in total. The van der Waals surface area contributed by atoms with Gasteiger partial charge in [-0.25, -0.2) is 4.79 Å². The number of carboxylic acid groups (broad SMARTS) is 1. The normalized spacial score (nSPS) is 28.4. The maximum atomic E-state index is 11.9. The van der Waals surface area contributed by atoms with Crippen molar-refractivity contribution in [1.29, 1.82) is 0 Å². The second-order valence-corrected chi connectivity index (χ2v) is 7.56. The van der Waals surface area contributed by atoms with Crippen LogP contribution < -0.4 is 5.32 Å². The minimum absolute atomic E-state index is 0.0100. The molecule has 0 aromatic carbocycles. The molecule has 140 valence electrons. The molecule has 2 aliphatic carbocycles. The van der Waals surface area contributed by atoms with Gasteiger partial charge in [0.25, 0.3) is 0 Å². The molecule has 0 aromatic heterocycles. The molecule has 0 saturated heterocycles. The average Bonchev–Trinajstić information content (AvgIpc) is 2.79. The molecule has 25 heavy (non-hydrogen) atoms. The number of allylic oxidation sites excluding steroid dienone is 2. The molecule has 7 nitrogen and oxygen atoms in total. The van der Waals surface area contributed by atoms with E-state index in [9.17, 15) is 19.5 Å². The van der Waals surface area contributed by atoms with Gasteiger partial charge >= 0.3 is 18.0 Å². The number of esters is 1. The Morgan fingerprint density at radius 3 is 2.56 bits per heavy atom. The van der Waals surface area contributed by atoms with Crippen molar-refractivity contribution >= 4 is 18.0 Å². The highest BCUT2D eigenvalue weighted by molar-refractivity contribution is 5.72. The summed E-state index contributed by atoms with van der Waals surface area (Å²) < 4.78 is 9.99. The van der Waals surface area contributed by atoms with Gasteiger partial charge in [0, 0.05) is 18.9 Å². The third-order valence-corrected chi connectivity index (χ3v) is 5.05. The quantitative estimate of drug-likeness (QED) is 0.414. The number of carbonyl (C=O) groups is 3. The summed E-state index contributed by atoms with van der Waals surface area (Å²) in [6, 6.07) is 0. The van der Waals surface area contributed by atoms with E-state index in [2.05, 4.69) is 18.3 Å². The van der Waals surface area contributed by atoms with Crippen LogP contribution in [0, 0.1) is 23.2 Å². The number of alkyl carbamates (subject to hydrolysis) is 1. The highest BCUT2D eigenvalue weighted by atomic mass is 16.7. The molecule has 2 aliphatic rings. The lowest BCUT2D eigenvalue weighted by atomic mass is 9.53. The van der Waals surface area contributed by atoms with Gasteiger partial charge in [0.1, 0.15) is 0 Å². The molecule has 1 fully saturated rings. The van der Waals surface area contributed by atoms with Gasteiger partial charge in [0.2, 0.25) is 6.29 Å². The number of fused-ring (bicyclic) bond motifs is 1. The number of hydrogen-bond acceptors (Lipinski definition) is 5. The van der Waals surface area contributed by atoms with Crippen molar-refractivity contribution in [3.63, 3.8) is 0 Å². The van der Waals surface area contributed by atoms with Crippen molar-refractivity contribution in [3.05, 3.63) is 11.6 Å². The Balaban J connectivity index is 1.88. The minimum Gasteiger partial charge on any atom is -0.481 e. The zero-order chi connectivity index (χ0) is 18.8. The first-order valence-corrected chi connectivity index (χ1v) is 8.67. The van der Waals surface area contributed by atoms with Gasteiger partial charge in [-0.1, -0.05) is 25.5 Å². The number of hydrogen-bond donors (Lipinski definition) is 2. The molecule has 0 aliphatic heterocycles. The van der Waals surface area contributed by atoms with Gasteiger partial charge < -0.3 is 19.9 Å². The molecule has 4 atom stereocenters. The third-order valence-electron chi connectivity index (χ3n) is 5.05. The zero-order valence-electron chi connectivity index (χ0n) is 15.2. The second-order valence-electron chi connectivity index (χ2n) is 7.56. The summed E-state index contributed by atoms with van der Waals surface area (Å²) in [6.45, 7) is 7.13. The van der Waals surface area contributed by atoms with Crippen molar-refractivity contribution < 1.29 is 29.0 Å². The first-order valence-electron chi connectivity index (χ1n) is 8.67. The van der Waals surface area contributed by atoms with Crippen molar-refractivity contribution in [2.24, 2.45) is 23.2 Å². The Labute approximate surface area is 147 Å². The van der Waals surface area contributed by atoms with Crippen LogP contribution in [0.25, 0.3) is 0 Å². The lowest BCUT2D eigenvalue weighted by molar-refractivity contribution is -0.169. The number of carbonyl (C=O) groups excluding carboxylic acids is 2. The maximum absolute atomic E-state index is 11.9. The van der Waals surface area contributed by atoms with Crippen LogP contribution in [-0.2, 0) is 19.1 Å². The van der Waals surface area contributed by atoms with E-state index >= 15 is 0 Å². The molecule has 0 heterocycles. The van der Waals surface area contributed by atoms with Crippen LogP contribution in [0.5, 0.6) is 0 Å². The molecule has 0 aromatic rings. The van der Waals surface area contributed by atoms with Crippen LogP contribution in [0.3, 0.4) is 0 Å². The fraction of sp³-hybridized carbons (Fsp3) is 0.722. The van der Waals surface area contributed by atoms with Gasteiger partial charge in [-0.05, 0) is 31.6 Å². The Hall–Kier alpha value is -2.05. The number of ether oxygens (including phenoxy) is 2. The smallest absolute Gasteiger partial charge is 0.410 e. The molecule has 2 rings (SSSR count). The van der Waals surface area contributed by atoms with E-state index in [-0.39, 0.29) is 24.8 Å². The van der Waals surface area contributed by atoms with E-state index in [1.807, 2.05) is 0 Å². The van der Waals surface area contributed by atoms with Gasteiger partial charge in [-0.2, -0.15) is 0 Å². The second kappa shape index (κ2) is 7.45. The fourth-order valence-electron chi connectivity index (χ4n) is 3.93. The lowest BCUT2D eigenvalue weighted by Crippen LogP contribution is -2.53. The summed E-state index contributed by atoms with van der Waals surface area (Å²) in [6.07, 6.45) is 2.21. The SMILES string of the molecule is CC1=C[C@H]2[C@@H](C1)C[C@@]2(CNC(=O)O[C@@H](C)OC(=O)C(C)C)CC(=O)O. The van der Waals surface area contributed by atoms with Gasteiger partial charge in [0.05, 0.1) is 12.3 Å². The Bertz CT molecular complexity index is 584.